The van der Waals surface area contributed by atoms with Gasteiger partial charge < -0.3 is 30.7 Å². The number of rotatable bonds is 33. The van der Waals surface area contributed by atoms with E-state index in [9.17, 15) is 28.8 Å². The number of hydrogen-bond acceptors (Lipinski definition) is 10. The van der Waals surface area contributed by atoms with Gasteiger partial charge in [0.15, 0.2) is 0 Å². The number of unbranched alkanes of at least 4 members (excludes halogenated alkanes) is 7. The Hall–Kier alpha value is -5.16. The summed E-state index contributed by atoms with van der Waals surface area (Å²) in [5.41, 5.74) is -0.497. The van der Waals surface area contributed by atoms with Crippen LogP contribution in [0.25, 0.3) is 0 Å². The van der Waals surface area contributed by atoms with Gasteiger partial charge in [0.25, 0.3) is 11.1 Å². The summed E-state index contributed by atoms with van der Waals surface area (Å²) in [6, 6.07) is 1.86. The number of carbonyl (C=O) groups is 4. The predicted octanol–water partition coefficient (Wildman–Crippen LogP) is 11.8. The molecule has 0 fully saturated rings. The Balaban J connectivity index is 1.66. The number of anilines is 2. The Morgan fingerprint density at radius 1 is 0.507 bits per heavy atom. The molecule has 0 aliphatic heterocycles. The monoisotopic (exact) mass is 1030 g/mol. The van der Waals surface area contributed by atoms with Crippen LogP contribution >= 0.6 is 0 Å². The summed E-state index contributed by atoms with van der Waals surface area (Å²) in [6.07, 6.45) is 14.8. The van der Waals surface area contributed by atoms with Crippen molar-refractivity contribution in [1.29, 1.82) is 0 Å². The molecule has 2 heterocycles. The maximum absolute atomic E-state index is 12.8. The third-order valence-electron chi connectivity index (χ3n) is 15.5. The third kappa shape index (κ3) is 24.6. The van der Waals surface area contributed by atoms with Crippen molar-refractivity contribution in [3.63, 3.8) is 0 Å². The van der Waals surface area contributed by atoms with E-state index < -0.39 is 35.5 Å². The van der Waals surface area contributed by atoms with Crippen LogP contribution in [-0.2, 0) is 9.47 Å². The molecule has 73 heavy (non-hydrogen) atoms. The summed E-state index contributed by atoms with van der Waals surface area (Å²) >= 11 is 0. The highest BCUT2D eigenvalue weighted by molar-refractivity contribution is 5.87. The number of aromatic nitrogens is 4. The largest absolute Gasteiger partial charge is 0.444 e. The van der Waals surface area contributed by atoms with Crippen molar-refractivity contribution in [2.24, 2.45) is 27.6 Å². The van der Waals surface area contributed by atoms with Crippen molar-refractivity contribution in [3.8, 4) is 0 Å². The van der Waals surface area contributed by atoms with Crippen molar-refractivity contribution >= 4 is 36.1 Å². The Bertz CT molecular complexity index is 2150. The molecule has 0 spiro atoms. The molecule has 2 aromatic heterocycles. The summed E-state index contributed by atoms with van der Waals surface area (Å²) in [5, 5.41) is 16.4. The maximum atomic E-state index is 12.8. The Morgan fingerprint density at radius 3 is 1.27 bits per heavy atom. The van der Waals surface area contributed by atoms with Crippen molar-refractivity contribution in [2.45, 2.75) is 224 Å². The first kappa shape index (κ1) is 64.0. The molecule has 2 rings (SSSR count). The normalized spacial score (nSPS) is 12.9. The number of urea groups is 2. The van der Waals surface area contributed by atoms with Crippen molar-refractivity contribution in [3.05, 3.63) is 44.2 Å². The molecule has 6 amide bonds. The highest BCUT2D eigenvalue weighted by atomic mass is 16.6. The number of ether oxygens (including phenoxy) is 2. The van der Waals surface area contributed by atoms with Crippen molar-refractivity contribution in [2.75, 3.05) is 36.8 Å². The zero-order valence-corrected chi connectivity index (χ0v) is 47.7. The first-order chi connectivity index (χ1) is 33.9. The minimum atomic E-state index is -0.598. The lowest BCUT2D eigenvalue weighted by molar-refractivity contribution is -0.0281. The van der Waals surface area contributed by atoms with E-state index >= 15 is 0 Å². The Morgan fingerprint density at radius 2 is 0.877 bits per heavy atom. The summed E-state index contributed by atoms with van der Waals surface area (Å²) in [7, 11) is 0. The summed E-state index contributed by atoms with van der Waals surface area (Å²) in [4.78, 5) is 85.9. The van der Waals surface area contributed by atoms with E-state index in [4.69, 9.17) is 9.47 Å². The van der Waals surface area contributed by atoms with Gasteiger partial charge in [-0.15, -0.1) is 0 Å². The topological polar surface area (TPSA) is 250 Å². The van der Waals surface area contributed by atoms with Gasteiger partial charge in [-0.05, 0) is 140 Å². The summed E-state index contributed by atoms with van der Waals surface area (Å²) in [6.45, 7) is 35.0. The molecule has 0 aliphatic carbocycles. The van der Waals surface area contributed by atoms with Crippen LogP contribution < -0.4 is 43.0 Å². The van der Waals surface area contributed by atoms with Crippen LogP contribution in [0.1, 0.15) is 211 Å². The second-order valence-corrected chi connectivity index (χ2v) is 24.0. The number of carbonyl (C=O) groups excluding carboxylic acids is 4. The number of nitrogens with one attached hydrogen (secondary N) is 8. The average molecular weight is 1030 g/mol. The third-order valence-corrected chi connectivity index (χ3v) is 15.5. The van der Waals surface area contributed by atoms with E-state index in [0.717, 1.165) is 109 Å². The summed E-state index contributed by atoms with van der Waals surface area (Å²) < 4.78 is 11.7. The molecule has 0 bridgehead atoms. The smallest absolute Gasteiger partial charge is 0.407 e. The lowest BCUT2D eigenvalue weighted by Gasteiger charge is -2.52. The van der Waals surface area contributed by atoms with Crippen LogP contribution in [-0.4, -0.2) is 81.6 Å². The Labute approximate surface area is 437 Å². The molecule has 8 N–H and O–H groups in total. The maximum Gasteiger partial charge on any atom is 0.407 e. The second-order valence-electron chi connectivity index (χ2n) is 24.0. The molecule has 0 saturated heterocycles. The predicted molar refractivity (Wildman–Crippen MR) is 293 cm³/mol. The van der Waals surface area contributed by atoms with Gasteiger partial charge in [0.1, 0.15) is 11.2 Å². The molecule has 0 aliphatic rings. The molecule has 18 nitrogen and oxygen atoms in total. The molecule has 416 valence electrons. The molecule has 18 heteroatoms. The van der Waals surface area contributed by atoms with Crippen molar-refractivity contribution in [1.82, 2.24) is 41.2 Å². The zero-order valence-electron chi connectivity index (χ0n) is 47.7. The van der Waals surface area contributed by atoms with E-state index in [1.54, 1.807) is 13.8 Å². The van der Waals surface area contributed by atoms with Gasteiger partial charge in [-0.1, -0.05) is 101 Å². The lowest BCUT2D eigenvalue weighted by atomic mass is 9.53. The highest BCUT2D eigenvalue weighted by Gasteiger charge is 2.46. The minimum absolute atomic E-state index is 0.0484. The van der Waals surface area contributed by atoms with E-state index in [1.807, 2.05) is 27.7 Å². The van der Waals surface area contributed by atoms with E-state index in [0.29, 0.717) is 43.5 Å². The fourth-order valence-corrected chi connectivity index (χ4v) is 9.34. The Kier molecular flexibility index (Phi) is 26.0. The number of alkyl carbamates (subject to hydrolysis) is 2. The number of amides is 6. The lowest BCUT2D eigenvalue weighted by Crippen LogP contribution is -2.43. The molecule has 0 saturated carbocycles. The first-order valence-corrected chi connectivity index (χ1v) is 27.1. The fourth-order valence-electron chi connectivity index (χ4n) is 9.34. The quantitative estimate of drug-likeness (QED) is 0.0314. The van der Waals surface area contributed by atoms with Gasteiger partial charge in [0.05, 0.1) is 0 Å². The molecular weight excluding hydrogens is 929 g/mol. The number of hydrogen-bond donors (Lipinski definition) is 8. The molecule has 1 atom stereocenters. The van der Waals surface area contributed by atoms with Crippen LogP contribution in [0.15, 0.2) is 21.7 Å². The number of nitrogens with zero attached hydrogens (tertiary/aromatic N) is 2. The fraction of sp³-hybridized carbons (Fsp3) is 0.782. The van der Waals surface area contributed by atoms with E-state index in [-0.39, 0.29) is 44.7 Å². The van der Waals surface area contributed by atoms with Gasteiger partial charge in [-0.2, -0.15) is 0 Å². The van der Waals surface area contributed by atoms with Crippen LogP contribution in [0.3, 0.4) is 0 Å². The SMILES string of the molecule is CCC(CC(C)(C)C(C)(C)CCCCC(C)(C)OC(=O)NCCCCCCNC(=O)Nc1nc(C)cc(=O)[nH]1)C(C)(C)C(C)(C)CCCC(C)(C)OC(=O)NCCCCCCNC(=O)Nc1nc(C)cc(=O)[nH]1. The van der Waals surface area contributed by atoms with Gasteiger partial charge in [-0.25, -0.2) is 29.1 Å². The molecule has 0 aromatic carbocycles. The van der Waals surface area contributed by atoms with Crippen LogP contribution in [0, 0.1) is 41.4 Å². The van der Waals surface area contributed by atoms with Crippen LogP contribution in [0.4, 0.5) is 31.1 Å². The molecule has 0 radical (unpaired) electrons. The van der Waals surface area contributed by atoms with Crippen LogP contribution in [0.5, 0.6) is 0 Å². The number of aryl methyl sites for hydroxylation is 2. The van der Waals surface area contributed by atoms with Gasteiger partial charge in [-0.3, -0.25) is 30.2 Å². The van der Waals surface area contributed by atoms with Gasteiger partial charge >= 0.3 is 24.2 Å². The second kappa shape index (κ2) is 29.7. The van der Waals surface area contributed by atoms with E-state index in [1.165, 1.54) is 12.1 Å². The number of aromatic amines is 2. The first-order valence-electron chi connectivity index (χ1n) is 27.1. The zero-order chi connectivity index (χ0) is 55.1. The molecular formula is C55H98N10O8. The van der Waals surface area contributed by atoms with E-state index in [2.05, 4.69) is 114 Å². The molecule has 2 aromatic rings. The van der Waals surface area contributed by atoms with Crippen molar-refractivity contribution < 1.29 is 28.7 Å². The standard InChI is InChI=1S/C55H98N10O8/c1-16-41(55(14,15)51(6,7)29-27-31-54(12,13)73-49(71)59-35-26-20-18-24-33-57-47(69)65-45-61-40(3)37-43(67)63-45)38-52(8,9)50(4,5)28-21-22-30-53(10,11)72-48(70)58-34-25-19-17-23-32-56-46(68)64-44-60-39(2)36-42(66)62-44/h36-37,41H,16-35,38H2,1-15H3,(H,58,70)(H,59,71)(H3,56,60,62,64,66,68)(H3,57,61,63,65,67,69). The average Bonchev–Trinajstić information content (AvgIpc) is 3.24. The van der Waals surface area contributed by atoms with Crippen LogP contribution in [0.2, 0.25) is 0 Å². The number of H-pyrrole nitrogens is 2. The van der Waals surface area contributed by atoms with Gasteiger partial charge in [0, 0.05) is 49.7 Å². The van der Waals surface area contributed by atoms with Gasteiger partial charge in [0.2, 0.25) is 11.9 Å². The highest BCUT2D eigenvalue weighted by Crippen LogP contribution is 2.55. The summed E-state index contributed by atoms with van der Waals surface area (Å²) in [5.74, 6) is 0.735. The molecule has 1 unspecified atom stereocenters. The minimum Gasteiger partial charge on any atom is -0.444 e.